The average Bonchev–Trinajstić information content (AvgIpc) is 2.49. The Balaban J connectivity index is 2.13. The quantitative estimate of drug-likeness (QED) is 0.810. The molecule has 19 heavy (non-hydrogen) atoms. The lowest BCUT2D eigenvalue weighted by atomic mass is 9.98. The molecule has 2 aliphatic heterocycles. The zero-order chi connectivity index (χ0) is 14.0. The highest BCUT2D eigenvalue weighted by atomic mass is 16.5. The van der Waals surface area contributed by atoms with Crippen molar-refractivity contribution in [2.45, 2.75) is 58.2 Å². The number of hydrogen-bond acceptors (Lipinski definition) is 3. The maximum Gasteiger partial charge on any atom is 0.245 e. The van der Waals surface area contributed by atoms with Crippen LogP contribution in [0.15, 0.2) is 0 Å². The van der Waals surface area contributed by atoms with Crippen molar-refractivity contribution in [1.82, 2.24) is 10.2 Å². The number of ether oxygens (including phenoxy) is 1. The number of nitrogens with one attached hydrogen (secondary N) is 1. The van der Waals surface area contributed by atoms with E-state index >= 15 is 0 Å². The van der Waals surface area contributed by atoms with Crippen molar-refractivity contribution >= 4 is 11.8 Å². The molecule has 5 nitrogen and oxygen atoms in total. The maximum atomic E-state index is 12.6. The molecule has 0 aliphatic carbocycles. The summed E-state index contributed by atoms with van der Waals surface area (Å²) in [6.07, 6.45) is 2.33. The zero-order valence-corrected chi connectivity index (χ0v) is 12.0. The highest BCUT2D eigenvalue weighted by Gasteiger charge is 2.36. The summed E-state index contributed by atoms with van der Waals surface area (Å²) in [6, 6.07) is -0.168. The van der Waals surface area contributed by atoms with Crippen molar-refractivity contribution in [2.24, 2.45) is 5.92 Å². The van der Waals surface area contributed by atoms with Gasteiger partial charge in [0.1, 0.15) is 6.04 Å². The molecule has 5 heteroatoms. The van der Waals surface area contributed by atoms with Crippen molar-refractivity contribution in [1.29, 1.82) is 0 Å². The Labute approximate surface area is 114 Å². The number of rotatable bonds is 2. The summed E-state index contributed by atoms with van der Waals surface area (Å²) in [4.78, 5) is 26.2. The maximum absolute atomic E-state index is 12.6. The summed E-state index contributed by atoms with van der Waals surface area (Å²) >= 11 is 0. The van der Waals surface area contributed by atoms with Gasteiger partial charge in [-0.25, -0.2) is 0 Å². The zero-order valence-electron chi connectivity index (χ0n) is 12.0. The molecular weight excluding hydrogens is 244 g/mol. The number of carbonyl (C=O) groups is 2. The Morgan fingerprint density at radius 2 is 2.11 bits per heavy atom. The molecule has 108 valence electrons. The molecule has 0 spiro atoms. The monoisotopic (exact) mass is 268 g/mol. The third-order valence-corrected chi connectivity index (χ3v) is 4.01. The van der Waals surface area contributed by atoms with Crippen LogP contribution in [0.1, 0.15) is 40.0 Å². The van der Waals surface area contributed by atoms with E-state index in [1.54, 1.807) is 0 Å². The van der Waals surface area contributed by atoms with E-state index in [1.807, 2.05) is 25.7 Å². The Morgan fingerprint density at radius 1 is 1.37 bits per heavy atom. The summed E-state index contributed by atoms with van der Waals surface area (Å²) in [5.74, 6) is 0.170. The van der Waals surface area contributed by atoms with Crippen LogP contribution in [0.3, 0.4) is 0 Å². The second-order valence-corrected chi connectivity index (χ2v) is 5.93. The van der Waals surface area contributed by atoms with E-state index in [0.29, 0.717) is 19.6 Å². The lowest BCUT2D eigenvalue weighted by molar-refractivity contribution is -0.139. The van der Waals surface area contributed by atoms with Crippen LogP contribution in [-0.2, 0) is 14.3 Å². The normalized spacial score (nSPS) is 33.3. The van der Waals surface area contributed by atoms with Gasteiger partial charge < -0.3 is 15.0 Å². The van der Waals surface area contributed by atoms with Gasteiger partial charge in [0.2, 0.25) is 11.8 Å². The van der Waals surface area contributed by atoms with E-state index in [-0.39, 0.29) is 35.9 Å². The summed E-state index contributed by atoms with van der Waals surface area (Å²) in [5, 5.41) is 2.85. The fourth-order valence-corrected chi connectivity index (χ4v) is 2.89. The van der Waals surface area contributed by atoms with Gasteiger partial charge in [0.25, 0.3) is 0 Å². The van der Waals surface area contributed by atoms with Gasteiger partial charge in [-0.1, -0.05) is 13.8 Å². The molecule has 0 bridgehead atoms. The molecule has 3 unspecified atom stereocenters. The first-order valence-corrected chi connectivity index (χ1v) is 7.20. The minimum atomic E-state index is -0.381. The fraction of sp³-hybridized carbons (Fsp3) is 0.857. The topological polar surface area (TPSA) is 58.6 Å². The van der Waals surface area contributed by atoms with Crippen molar-refractivity contribution in [3.63, 3.8) is 0 Å². The summed E-state index contributed by atoms with van der Waals surface area (Å²) < 4.78 is 5.54. The summed E-state index contributed by atoms with van der Waals surface area (Å²) in [7, 11) is 0. The number of hydrogen-bond donors (Lipinski definition) is 1. The van der Waals surface area contributed by atoms with Gasteiger partial charge in [0.15, 0.2) is 0 Å². The van der Waals surface area contributed by atoms with E-state index in [2.05, 4.69) is 5.32 Å². The Kier molecular flexibility index (Phi) is 4.45. The first kappa shape index (κ1) is 14.3. The minimum Gasteiger partial charge on any atom is -0.378 e. The third kappa shape index (κ3) is 3.26. The van der Waals surface area contributed by atoms with E-state index in [9.17, 15) is 9.59 Å². The van der Waals surface area contributed by atoms with Crippen LogP contribution in [0.5, 0.6) is 0 Å². The van der Waals surface area contributed by atoms with Crippen molar-refractivity contribution in [3.05, 3.63) is 0 Å². The van der Waals surface area contributed by atoms with Crippen LogP contribution in [0.2, 0.25) is 0 Å². The van der Waals surface area contributed by atoms with Crippen LogP contribution in [0.25, 0.3) is 0 Å². The van der Waals surface area contributed by atoms with Gasteiger partial charge in [-0.3, -0.25) is 9.59 Å². The number of nitrogens with zero attached hydrogens (tertiary/aromatic N) is 1. The highest BCUT2D eigenvalue weighted by molar-refractivity contribution is 5.90. The van der Waals surface area contributed by atoms with Crippen LogP contribution < -0.4 is 5.32 Å². The molecule has 2 amide bonds. The Hall–Kier alpha value is -1.10. The lowest BCUT2D eigenvalue weighted by Gasteiger charge is -2.37. The molecule has 0 aromatic heterocycles. The van der Waals surface area contributed by atoms with Crippen LogP contribution in [-0.4, -0.2) is 48.1 Å². The molecular formula is C14H24N2O3. The van der Waals surface area contributed by atoms with E-state index in [0.717, 1.165) is 12.8 Å². The van der Waals surface area contributed by atoms with Crippen LogP contribution in [0.4, 0.5) is 0 Å². The van der Waals surface area contributed by atoms with E-state index in [4.69, 9.17) is 4.74 Å². The summed E-state index contributed by atoms with van der Waals surface area (Å²) in [6.45, 7) is 7.21. The first-order valence-electron chi connectivity index (χ1n) is 7.20. The second-order valence-electron chi connectivity index (χ2n) is 5.93. The summed E-state index contributed by atoms with van der Waals surface area (Å²) in [5.41, 5.74) is 0. The number of amides is 2. The third-order valence-electron chi connectivity index (χ3n) is 4.01. The van der Waals surface area contributed by atoms with Crippen LogP contribution in [0, 0.1) is 5.92 Å². The minimum absolute atomic E-state index is 0.0188. The molecule has 0 saturated carbocycles. The van der Waals surface area contributed by atoms with Gasteiger partial charge in [0.05, 0.1) is 6.10 Å². The van der Waals surface area contributed by atoms with Gasteiger partial charge >= 0.3 is 0 Å². The standard InChI is InChI=1S/C14H24N2O3/c1-9(2)13-14(18)16(6-4-12(17)15-13)11-5-7-19-10(3)8-11/h9-11,13H,4-8H2,1-3H3,(H,15,17). The molecule has 2 rings (SSSR count). The molecule has 0 aromatic rings. The SMILES string of the molecule is CC1CC(N2CCC(=O)NC(C(C)C)C2=O)CCO1. The van der Waals surface area contributed by atoms with Gasteiger partial charge in [0, 0.05) is 25.6 Å². The van der Waals surface area contributed by atoms with Crippen LogP contribution >= 0.6 is 0 Å². The largest absolute Gasteiger partial charge is 0.378 e. The lowest BCUT2D eigenvalue weighted by Crippen LogP contribution is -2.52. The molecule has 2 saturated heterocycles. The van der Waals surface area contributed by atoms with Gasteiger partial charge in [-0.05, 0) is 25.7 Å². The molecule has 2 fully saturated rings. The first-order chi connectivity index (χ1) is 8.99. The molecule has 0 aromatic carbocycles. The molecule has 3 atom stereocenters. The van der Waals surface area contributed by atoms with E-state index in [1.165, 1.54) is 0 Å². The van der Waals surface area contributed by atoms with E-state index < -0.39 is 0 Å². The molecule has 0 radical (unpaired) electrons. The molecule has 2 aliphatic rings. The second kappa shape index (κ2) is 5.90. The smallest absolute Gasteiger partial charge is 0.245 e. The average molecular weight is 268 g/mol. The predicted molar refractivity (Wildman–Crippen MR) is 71.5 cm³/mol. The Morgan fingerprint density at radius 3 is 2.74 bits per heavy atom. The van der Waals surface area contributed by atoms with Crippen molar-refractivity contribution in [2.75, 3.05) is 13.2 Å². The van der Waals surface area contributed by atoms with Gasteiger partial charge in [-0.2, -0.15) is 0 Å². The highest BCUT2D eigenvalue weighted by Crippen LogP contribution is 2.22. The predicted octanol–water partition coefficient (Wildman–Crippen LogP) is 0.927. The molecule has 2 heterocycles. The fourth-order valence-electron chi connectivity index (χ4n) is 2.89. The van der Waals surface area contributed by atoms with Gasteiger partial charge in [-0.15, -0.1) is 0 Å². The number of carbonyl (C=O) groups excluding carboxylic acids is 2. The van der Waals surface area contributed by atoms with Crippen molar-refractivity contribution in [3.8, 4) is 0 Å². The Bertz CT molecular complexity index is 357. The molecule has 1 N–H and O–H groups in total. The van der Waals surface area contributed by atoms with Crippen molar-refractivity contribution < 1.29 is 14.3 Å².